The number of carboxylic acid groups (broad SMARTS) is 1. The van der Waals surface area contributed by atoms with E-state index in [0.29, 0.717) is 40.6 Å². The van der Waals surface area contributed by atoms with E-state index in [1.807, 2.05) is 20.8 Å². The van der Waals surface area contributed by atoms with Gasteiger partial charge in [0.05, 0.1) is 17.1 Å². The third-order valence-electron chi connectivity index (χ3n) is 5.25. The van der Waals surface area contributed by atoms with Crippen molar-refractivity contribution in [3.8, 4) is 6.07 Å². The molecule has 1 heterocycles. The summed E-state index contributed by atoms with van der Waals surface area (Å²) in [6, 6.07) is 6.15. The molecular weight excluding hydrogens is 399 g/mol. The van der Waals surface area contributed by atoms with Crippen LogP contribution < -0.4 is 5.32 Å². The fourth-order valence-electron chi connectivity index (χ4n) is 4.19. The molecule has 0 aliphatic carbocycles. The monoisotopic (exact) mass is 422 g/mol. The first-order chi connectivity index (χ1) is 12.3. The Morgan fingerprint density at radius 1 is 1.42 bits per heavy atom. The normalized spacial score (nSPS) is 25.5. The van der Waals surface area contributed by atoms with E-state index < -0.39 is 23.1 Å². The number of hydrogen-bond acceptors (Lipinski definition) is 3. The molecule has 2 N–H and O–H groups in total. The van der Waals surface area contributed by atoms with Crippen LogP contribution >= 0.6 is 15.9 Å². The lowest BCUT2D eigenvalue weighted by molar-refractivity contribution is -0.153. The smallest absolute Gasteiger partial charge is 0.312 e. The van der Waals surface area contributed by atoms with Gasteiger partial charge in [0.15, 0.2) is 0 Å². The van der Waals surface area contributed by atoms with Gasteiger partial charge in [-0.2, -0.15) is 5.26 Å². The zero-order valence-electron chi connectivity index (χ0n) is 15.3. The van der Waals surface area contributed by atoms with Gasteiger partial charge in [-0.05, 0) is 37.5 Å². The Bertz CT molecular complexity index is 772. The largest absolute Gasteiger partial charge is 0.481 e. The summed E-state index contributed by atoms with van der Waals surface area (Å²) >= 11 is 3.38. The number of nitrogens with one attached hydrogen (secondary N) is 1. The van der Waals surface area contributed by atoms with Crippen LogP contribution in [0.2, 0.25) is 0 Å². The molecule has 0 saturated heterocycles. The number of allylic oxidation sites excluding steroid dienone is 2. The van der Waals surface area contributed by atoms with E-state index in [4.69, 9.17) is 0 Å². The van der Waals surface area contributed by atoms with E-state index in [0.717, 1.165) is 6.42 Å². The van der Waals surface area contributed by atoms with Gasteiger partial charge in [0, 0.05) is 22.1 Å². The standard InChI is InChI=1S/C20H24BrFN2O2/c1-4-6-17-20(9-5-2,19(25)26)18(15(11-23)12(3)24-17)14-8-7-13(22)10-16(14)21/h7-8,10,17-18,24H,4-6,9H2,1-3H3,(H,25,26). The second-order valence-electron chi connectivity index (χ2n) is 6.83. The maximum Gasteiger partial charge on any atom is 0.312 e. The van der Waals surface area contributed by atoms with Crippen molar-refractivity contribution in [2.24, 2.45) is 5.41 Å². The minimum Gasteiger partial charge on any atom is -0.481 e. The van der Waals surface area contributed by atoms with Crippen LogP contribution in [0.1, 0.15) is 57.9 Å². The van der Waals surface area contributed by atoms with Gasteiger partial charge in [-0.15, -0.1) is 0 Å². The van der Waals surface area contributed by atoms with Gasteiger partial charge in [0.25, 0.3) is 0 Å². The molecule has 0 spiro atoms. The van der Waals surface area contributed by atoms with E-state index in [1.165, 1.54) is 12.1 Å². The van der Waals surface area contributed by atoms with Crippen molar-refractivity contribution in [1.29, 1.82) is 5.26 Å². The zero-order valence-corrected chi connectivity index (χ0v) is 16.9. The van der Waals surface area contributed by atoms with Crippen molar-refractivity contribution < 1.29 is 14.3 Å². The third-order valence-corrected chi connectivity index (χ3v) is 5.94. The van der Waals surface area contributed by atoms with E-state index in [-0.39, 0.29) is 6.04 Å². The third kappa shape index (κ3) is 3.37. The highest BCUT2D eigenvalue weighted by Gasteiger charge is 2.56. The van der Waals surface area contributed by atoms with Crippen molar-refractivity contribution in [1.82, 2.24) is 5.32 Å². The molecular formula is C20H24BrFN2O2. The number of rotatable bonds is 6. The highest BCUT2D eigenvalue weighted by molar-refractivity contribution is 9.10. The summed E-state index contributed by atoms with van der Waals surface area (Å²) in [7, 11) is 0. The van der Waals surface area contributed by atoms with Crippen LogP contribution in [0.25, 0.3) is 0 Å². The minimum atomic E-state index is -1.17. The molecule has 1 aromatic rings. The van der Waals surface area contributed by atoms with Crippen LogP contribution in [0.3, 0.4) is 0 Å². The van der Waals surface area contributed by atoms with Gasteiger partial charge in [-0.3, -0.25) is 4.79 Å². The number of nitriles is 1. The lowest BCUT2D eigenvalue weighted by Crippen LogP contribution is -2.56. The topological polar surface area (TPSA) is 73.1 Å². The minimum absolute atomic E-state index is 0.302. The summed E-state index contributed by atoms with van der Waals surface area (Å²) in [5, 5.41) is 23.4. The van der Waals surface area contributed by atoms with Crippen molar-refractivity contribution in [3.63, 3.8) is 0 Å². The van der Waals surface area contributed by atoms with Gasteiger partial charge < -0.3 is 10.4 Å². The second-order valence-corrected chi connectivity index (χ2v) is 7.68. The number of hydrogen-bond donors (Lipinski definition) is 2. The Hall–Kier alpha value is -1.87. The molecule has 1 aliphatic rings. The molecule has 0 radical (unpaired) electrons. The highest BCUT2D eigenvalue weighted by Crippen LogP contribution is 2.53. The van der Waals surface area contributed by atoms with Crippen molar-refractivity contribution in [3.05, 3.63) is 45.3 Å². The number of halogens is 2. The molecule has 0 fully saturated rings. The van der Waals surface area contributed by atoms with E-state index in [1.54, 1.807) is 6.07 Å². The molecule has 0 aromatic heterocycles. The predicted molar refractivity (Wildman–Crippen MR) is 102 cm³/mol. The fourth-order valence-corrected chi connectivity index (χ4v) is 4.77. The number of aliphatic carboxylic acids is 1. The average molecular weight is 423 g/mol. The fraction of sp³-hybridized carbons (Fsp3) is 0.500. The molecule has 1 aliphatic heterocycles. The molecule has 0 saturated carbocycles. The van der Waals surface area contributed by atoms with Crippen molar-refractivity contribution in [2.75, 3.05) is 0 Å². The molecule has 26 heavy (non-hydrogen) atoms. The lowest BCUT2D eigenvalue weighted by atomic mass is 9.59. The summed E-state index contributed by atoms with van der Waals surface area (Å²) in [5.41, 5.74) is 0.566. The molecule has 3 atom stereocenters. The maximum absolute atomic E-state index is 13.6. The molecule has 3 unspecified atom stereocenters. The summed E-state index contributed by atoms with van der Waals surface area (Å²) < 4.78 is 14.1. The molecule has 2 rings (SSSR count). The van der Waals surface area contributed by atoms with Gasteiger partial charge in [0.2, 0.25) is 0 Å². The summed E-state index contributed by atoms with van der Waals surface area (Å²) in [5.74, 6) is -1.97. The van der Waals surface area contributed by atoms with Crippen LogP contribution in [0.15, 0.2) is 33.9 Å². The van der Waals surface area contributed by atoms with E-state index in [9.17, 15) is 19.6 Å². The van der Waals surface area contributed by atoms with Crippen molar-refractivity contribution in [2.45, 2.75) is 58.4 Å². The molecule has 4 nitrogen and oxygen atoms in total. The van der Waals surface area contributed by atoms with Gasteiger partial charge in [0.1, 0.15) is 5.82 Å². The van der Waals surface area contributed by atoms with Crippen LogP contribution in [0.5, 0.6) is 0 Å². The second kappa shape index (κ2) is 8.22. The van der Waals surface area contributed by atoms with Crippen molar-refractivity contribution >= 4 is 21.9 Å². The summed E-state index contributed by atoms with van der Waals surface area (Å²) in [6.45, 7) is 5.77. The first kappa shape index (κ1) is 20.4. The van der Waals surface area contributed by atoms with Gasteiger partial charge in [-0.25, -0.2) is 4.39 Å². The molecule has 0 amide bonds. The van der Waals surface area contributed by atoms with E-state index >= 15 is 0 Å². The van der Waals surface area contributed by atoms with Crippen LogP contribution in [0, 0.1) is 22.6 Å². The zero-order chi connectivity index (χ0) is 19.5. The van der Waals surface area contributed by atoms with Crippen LogP contribution in [-0.4, -0.2) is 17.1 Å². The predicted octanol–water partition coefficient (Wildman–Crippen LogP) is 5.11. The number of nitrogens with zero attached hydrogens (tertiary/aromatic N) is 1. The highest BCUT2D eigenvalue weighted by atomic mass is 79.9. The molecule has 1 aromatic carbocycles. The lowest BCUT2D eigenvalue weighted by Gasteiger charge is -2.48. The maximum atomic E-state index is 13.6. The van der Waals surface area contributed by atoms with Gasteiger partial charge in [-0.1, -0.05) is 48.7 Å². The number of carboxylic acids is 1. The summed E-state index contributed by atoms with van der Waals surface area (Å²) in [6.07, 6.45) is 2.59. The molecule has 6 heteroatoms. The average Bonchev–Trinajstić information content (AvgIpc) is 2.57. The SMILES string of the molecule is CCCC1NC(C)=C(C#N)C(c2ccc(F)cc2Br)C1(CCC)C(=O)O. The number of benzene rings is 1. The Balaban J connectivity index is 2.82. The Labute approximate surface area is 162 Å². The Morgan fingerprint density at radius 3 is 2.62 bits per heavy atom. The first-order valence-electron chi connectivity index (χ1n) is 8.89. The number of carbonyl (C=O) groups is 1. The van der Waals surface area contributed by atoms with Crippen LogP contribution in [0.4, 0.5) is 4.39 Å². The van der Waals surface area contributed by atoms with Gasteiger partial charge >= 0.3 is 5.97 Å². The quantitative estimate of drug-likeness (QED) is 0.667. The van der Waals surface area contributed by atoms with E-state index in [2.05, 4.69) is 27.3 Å². The van der Waals surface area contributed by atoms with Crippen LogP contribution in [-0.2, 0) is 4.79 Å². The molecule has 140 valence electrons. The molecule has 0 bridgehead atoms. The Kier molecular flexibility index (Phi) is 6.46. The first-order valence-corrected chi connectivity index (χ1v) is 9.68. The summed E-state index contributed by atoms with van der Waals surface area (Å²) in [4.78, 5) is 12.6. The Morgan fingerprint density at radius 2 is 2.12 bits per heavy atom.